The van der Waals surface area contributed by atoms with Crippen molar-refractivity contribution in [2.24, 2.45) is 10.9 Å². The van der Waals surface area contributed by atoms with Crippen LogP contribution in [0, 0.1) is 5.92 Å². The molecule has 178 valence electrons. The predicted molar refractivity (Wildman–Crippen MR) is 134 cm³/mol. The maximum absolute atomic E-state index is 13.6. The summed E-state index contributed by atoms with van der Waals surface area (Å²) < 4.78 is 11.3. The second-order valence-electron chi connectivity index (χ2n) is 9.03. The Balaban J connectivity index is 1.36. The lowest BCUT2D eigenvalue weighted by Crippen LogP contribution is -2.43. The molecular weight excluding hydrogens is 450 g/mol. The van der Waals surface area contributed by atoms with E-state index in [1.165, 1.54) is 0 Å². The molecule has 2 amide bonds. The third-order valence-electron chi connectivity index (χ3n) is 6.34. The van der Waals surface area contributed by atoms with E-state index in [1.54, 1.807) is 21.6 Å². The number of amides is 2. The Labute approximate surface area is 204 Å². The van der Waals surface area contributed by atoms with Crippen molar-refractivity contribution in [3.63, 3.8) is 0 Å². The molecule has 0 aromatic heterocycles. The van der Waals surface area contributed by atoms with Gasteiger partial charge in [0, 0.05) is 37.0 Å². The van der Waals surface area contributed by atoms with Gasteiger partial charge in [0.25, 0.3) is 0 Å². The molecule has 0 saturated carbocycles. The van der Waals surface area contributed by atoms with Crippen molar-refractivity contribution in [2.75, 3.05) is 37.0 Å². The first kappa shape index (κ1) is 22.8. The molecule has 1 unspecified atom stereocenters. The number of rotatable bonds is 4. The summed E-state index contributed by atoms with van der Waals surface area (Å²) in [6.07, 6.45) is 1.11. The Morgan fingerprint density at radius 1 is 1.12 bits per heavy atom. The molecule has 8 heteroatoms. The smallest absolute Gasteiger partial charge is 0.233 e. The topological polar surface area (TPSA) is 71.4 Å². The number of thioether (sulfide) groups is 1. The van der Waals surface area contributed by atoms with Gasteiger partial charge in [0.05, 0.1) is 11.6 Å². The monoisotopic (exact) mass is 479 g/mol. The quantitative estimate of drug-likeness (QED) is 0.642. The molecule has 3 aliphatic heterocycles. The fraction of sp³-hybridized carbons (Fsp3) is 0.423. The predicted octanol–water partition coefficient (Wildman–Crippen LogP) is 4.59. The molecule has 0 aliphatic carbocycles. The summed E-state index contributed by atoms with van der Waals surface area (Å²) in [7, 11) is 0. The van der Waals surface area contributed by atoms with Crippen LogP contribution < -0.4 is 14.4 Å². The Morgan fingerprint density at radius 3 is 2.74 bits per heavy atom. The summed E-state index contributed by atoms with van der Waals surface area (Å²) >= 11 is 1.61. The van der Waals surface area contributed by atoms with Gasteiger partial charge in [-0.2, -0.15) is 0 Å². The van der Waals surface area contributed by atoms with E-state index in [9.17, 15) is 9.59 Å². The van der Waals surface area contributed by atoms with Gasteiger partial charge in [0.15, 0.2) is 16.7 Å². The van der Waals surface area contributed by atoms with E-state index in [4.69, 9.17) is 14.5 Å². The van der Waals surface area contributed by atoms with Crippen molar-refractivity contribution in [3.8, 4) is 11.5 Å². The Kier molecular flexibility index (Phi) is 6.50. The van der Waals surface area contributed by atoms with Crippen LogP contribution in [0.1, 0.15) is 38.2 Å². The molecule has 1 atom stereocenters. The number of hydrogen-bond acceptors (Lipinski definition) is 6. The molecule has 2 aromatic carbocycles. The summed E-state index contributed by atoms with van der Waals surface area (Å²) in [4.78, 5) is 34.8. The molecule has 7 nitrogen and oxygen atoms in total. The zero-order chi connectivity index (χ0) is 23.7. The third-order valence-corrected chi connectivity index (χ3v) is 7.40. The van der Waals surface area contributed by atoms with Gasteiger partial charge in [-0.3, -0.25) is 14.5 Å². The molecule has 2 fully saturated rings. The van der Waals surface area contributed by atoms with Gasteiger partial charge in [-0.25, -0.2) is 4.99 Å². The van der Waals surface area contributed by atoms with Crippen LogP contribution in [0.2, 0.25) is 0 Å². The van der Waals surface area contributed by atoms with Crippen LogP contribution >= 0.6 is 11.8 Å². The second kappa shape index (κ2) is 9.70. The molecule has 0 radical (unpaired) electrons. The highest BCUT2D eigenvalue weighted by Gasteiger charge is 2.39. The lowest BCUT2D eigenvalue weighted by molar-refractivity contribution is -0.132. The van der Waals surface area contributed by atoms with E-state index in [2.05, 4.69) is 19.9 Å². The minimum atomic E-state index is -0.398. The second-order valence-corrected chi connectivity index (χ2v) is 10.1. The van der Waals surface area contributed by atoms with Crippen molar-refractivity contribution in [1.29, 1.82) is 0 Å². The average molecular weight is 480 g/mol. The Bertz CT molecular complexity index is 1130. The fourth-order valence-electron chi connectivity index (χ4n) is 4.58. The molecule has 3 heterocycles. The summed E-state index contributed by atoms with van der Waals surface area (Å²) in [5.74, 6) is 2.11. The van der Waals surface area contributed by atoms with Gasteiger partial charge >= 0.3 is 0 Å². The van der Waals surface area contributed by atoms with Crippen LogP contribution in [-0.2, 0) is 9.59 Å². The molecular formula is C26H29N3O4S. The van der Waals surface area contributed by atoms with E-state index in [-0.39, 0.29) is 18.2 Å². The maximum Gasteiger partial charge on any atom is 0.233 e. The molecule has 2 saturated heterocycles. The van der Waals surface area contributed by atoms with Crippen molar-refractivity contribution < 1.29 is 19.1 Å². The number of anilines is 1. The van der Waals surface area contributed by atoms with Crippen molar-refractivity contribution in [1.82, 2.24) is 4.90 Å². The first-order valence-electron chi connectivity index (χ1n) is 11.8. The molecule has 2 aromatic rings. The highest BCUT2D eigenvalue weighted by molar-refractivity contribution is 8.13. The number of carbonyl (C=O) groups is 2. The number of benzene rings is 2. The van der Waals surface area contributed by atoms with E-state index in [0.717, 1.165) is 34.3 Å². The van der Waals surface area contributed by atoms with Crippen LogP contribution in [0.15, 0.2) is 47.5 Å². The zero-order valence-corrected chi connectivity index (χ0v) is 20.3. The van der Waals surface area contributed by atoms with Gasteiger partial charge in [-0.1, -0.05) is 43.8 Å². The summed E-state index contributed by atoms with van der Waals surface area (Å²) in [6, 6.07) is 13.6. The summed E-state index contributed by atoms with van der Waals surface area (Å²) in [5.41, 5.74) is 2.80. The SMILES string of the molecule is CC(C)c1ccccc1N=C1SCCCN1C(=O)C1CC(=O)N(c2ccc3c(c2)OCCO3)C1. The van der Waals surface area contributed by atoms with Gasteiger partial charge in [0.2, 0.25) is 11.8 Å². The Morgan fingerprint density at radius 2 is 1.91 bits per heavy atom. The van der Waals surface area contributed by atoms with E-state index in [1.807, 2.05) is 36.4 Å². The number of aliphatic imine (C=N–C) groups is 1. The minimum absolute atomic E-state index is 0.0265. The molecule has 0 N–H and O–H groups in total. The first-order valence-corrected chi connectivity index (χ1v) is 12.8. The number of hydrogen-bond donors (Lipinski definition) is 0. The van der Waals surface area contributed by atoms with Crippen LogP contribution in [0.5, 0.6) is 11.5 Å². The molecule has 0 bridgehead atoms. The standard InChI is InChI=1S/C26H29N3O4S/c1-17(2)20-6-3-4-7-21(20)27-26-28(10-5-13-34-26)25(31)18-14-24(30)29(16-18)19-8-9-22-23(15-19)33-12-11-32-22/h3-4,6-9,15,17-18H,5,10-14,16H2,1-2H3. The van der Waals surface area contributed by atoms with E-state index in [0.29, 0.717) is 43.7 Å². The van der Waals surface area contributed by atoms with E-state index < -0.39 is 5.92 Å². The number of para-hydroxylation sites is 1. The molecule has 34 heavy (non-hydrogen) atoms. The Hall–Kier alpha value is -3.00. The van der Waals surface area contributed by atoms with Gasteiger partial charge < -0.3 is 14.4 Å². The first-order chi connectivity index (χ1) is 16.5. The fourth-order valence-corrected chi connectivity index (χ4v) is 5.54. The number of carbonyl (C=O) groups excluding carboxylic acids is 2. The number of ether oxygens (including phenoxy) is 2. The highest BCUT2D eigenvalue weighted by Crippen LogP contribution is 2.37. The lowest BCUT2D eigenvalue weighted by atomic mass is 10.0. The number of nitrogens with zero attached hydrogens (tertiary/aromatic N) is 3. The van der Waals surface area contributed by atoms with E-state index >= 15 is 0 Å². The average Bonchev–Trinajstić information content (AvgIpc) is 3.25. The normalized spacial score (nSPS) is 21.4. The van der Waals surface area contributed by atoms with Gasteiger partial charge in [-0.15, -0.1) is 0 Å². The molecule has 0 spiro atoms. The summed E-state index contributed by atoms with van der Waals surface area (Å²) in [6.45, 7) is 6.28. The van der Waals surface area contributed by atoms with Crippen molar-refractivity contribution >= 4 is 40.1 Å². The van der Waals surface area contributed by atoms with Gasteiger partial charge in [-0.05, 0) is 36.1 Å². The van der Waals surface area contributed by atoms with Crippen molar-refractivity contribution in [2.45, 2.75) is 32.6 Å². The van der Waals surface area contributed by atoms with Crippen LogP contribution in [0.4, 0.5) is 11.4 Å². The van der Waals surface area contributed by atoms with Gasteiger partial charge in [0.1, 0.15) is 13.2 Å². The van der Waals surface area contributed by atoms with Crippen molar-refractivity contribution in [3.05, 3.63) is 48.0 Å². The largest absolute Gasteiger partial charge is 0.486 e. The molecule has 5 rings (SSSR count). The number of amidine groups is 1. The lowest BCUT2D eigenvalue weighted by Gasteiger charge is -2.30. The zero-order valence-electron chi connectivity index (χ0n) is 19.5. The molecule has 3 aliphatic rings. The summed E-state index contributed by atoms with van der Waals surface area (Å²) in [5, 5.41) is 0.731. The third kappa shape index (κ3) is 4.51. The minimum Gasteiger partial charge on any atom is -0.486 e. The highest BCUT2D eigenvalue weighted by atomic mass is 32.2. The van der Waals surface area contributed by atoms with Crippen LogP contribution in [0.3, 0.4) is 0 Å². The van der Waals surface area contributed by atoms with Crippen LogP contribution in [-0.4, -0.2) is 53.9 Å². The van der Waals surface area contributed by atoms with Crippen LogP contribution in [0.25, 0.3) is 0 Å². The maximum atomic E-state index is 13.6. The number of fused-ring (bicyclic) bond motifs is 1.